The van der Waals surface area contributed by atoms with Gasteiger partial charge in [0.15, 0.2) is 0 Å². The lowest BCUT2D eigenvalue weighted by molar-refractivity contribution is 0.0704. The van der Waals surface area contributed by atoms with E-state index in [0.717, 1.165) is 48.3 Å². The van der Waals surface area contributed by atoms with Gasteiger partial charge in [0.25, 0.3) is 5.91 Å². The first-order chi connectivity index (χ1) is 15.0. The molecule has 0 aliphatic carbocycles. The van der Waals surface area contributed by atoms with Crippen LogP contribution in [0.3, 0.4) is 0 Å². The van der Waals surface area contributed by atoms with Gasteiger partial charge in [0.1, 0.15) is 5.75 Å². The molecule has 2 aromatic rings. The predicted octanol–water partition coefficient (Wildman–Crippen LogP) is 6.12. The van der Waals surface area contributed by atoms with E-state index in [4.69, 9.17) is 4.74 Å². The van der Waals surface area contributed by atoms with Crippen LogP contribution in [0.1, 0.15) is 49.5 Å². The monoisotopic (exact) mass is 486 g/mol. The minimum atomic E-state index is 0.0568. The van der Waals surface area contributed by atoms with Crippen molar-refractivity contribution in [3.8, 4) is 5.75 Å². The van der Waals surface area contributed by atoms with E-state index in [1.165, 1.54) is 0 Å². The van der Waals surface area contributed by atoms with E-state index in [9.17, 15) is 4.79 Å². The molecule has 0 aliphatic rings. The number of benzene rings is 2. The van der Waals surface area contributed by atoms with Gasteiger partial charge in [-0.1, -0.05) is 66.2 Å². The second-order valence-electron chi connectivity index (χ2n) is 7.63. The first kappa shape index (κ1) is 25.2. The summed E-state index contributed by atoms with van der Waals surface area (Å²) in [7, 11) is 1.67. The molecule has 0 heterocycles. The molecule has 0 radical (unpaired) electrons. The maximum Gasteiger partial charge on any atom is 0.254 e. The molecule has 0 spiro atoms. The standard InChI is InChI=1S/C26H35BrN2O2/c1-5-28(6-2)18-10-12-21(3)29(26(30)23-14-9-16-24(27)20-23)19-11-15-22-13-7-8-17-25(22)31-4/h7-9,11,13-17,20-21H,5-6,10,12,18-19H2,1-4H3/b15-11+. The number of hydrogen-bond donors (Lipinski definition) is 0. The highest BCUT2D eigenvalue weighted by Crippen LogP contribution is 2.20. The van der Waals surface area contributed by atoms with E-state index < -0.39 is 0 Å². The summed E-state index contributed by atoms with van der Waals surface area (Å²) >= 11 is 3.49. The first-order valence-electron chi connectivity index (χ1n) is 11.1. The summed E-state index contributed by atoms with van der Waals surface area (Å²) in [5.41, 5.74) is 1.71. The Labute approximate surface area is 196 Å². The molecule has 5 heteroatoms. The summed E-state index contributed by atoms with van der Waals surface area (Å²) in [5.74, 6) is 0.886. The Bertz CT molecular complexity index is 849. The Balaban J connectivity index is 2.14. The zero-order valence-corrected chi connectivity index (χ0v) is 20.8. The number of hydrogen-bond acceptors (Lipinski definition) is 3. The van der Waals surface area contributed by atoms with E-state index in [1.54, 1.807) is 7.11 Å². The lowest BCUT2D eigenvalue weighted by Gasteiger charge is -2.29. The number of ether oxygens (including phenoxy) is 1. The minimum absolute atomic E-state index is 0.0568. The van der Waals surface area contributed by atoms with Crippen LogP contribution >= 0.6 is 15.9 Å². The normalized spacial score (nSPS) is 12.3. The fourth-order valence-corrected chi connectivity index (χ4v) is 4.05. The molecular weight excluding hydrogens is 452 g/mol. The number of halogens is 1. The van der Waals surface area contributed by atoms with Gasteiger partial charge in [-0.2, -0.15) is 0 Å². The Hall–Kier alpha value is -2.11. The fourth-order valence-electron chi connectivity index (χ4n) is 3.65. The molecule has 4 nitrogen and oxygen atoms in total. The summed E-state index contributed by atoms with van der Waals surface area (Å²) in [5, 5.41) is 0. The number of carbonyl (C=O) groups is 1. The molecule has 1 atom stereocenters. The largest absolute Gasteiger partial charge is 0.496 e. The van der Waals surface area contributed by atoms with Crippen LogP contribution in [0.25, 0.3) is 6.08 Å². The molecule has 1 amide bonds. The third kappa shape index (κ3) is 7.82. The molecule has 168 valence electrons. The number of amides is 1. The van der Waals surface area contributed by atoms with E-state index in [-0.39, 0.29) is 11.9 Å². The summed E-state index contributed by atoms with van der Waals surface area (Å²) in [4.78, 5) is 17.7. The smallest absolute Gasteiger partial charge is 0.254 e. The predicted molar refractivity (Wildman–Crippen MR) is 134 cm³/mol. The first-order valence-corrected chi connectivity index (χ1v) is 11.9. The van der Waals surface area contributed by atoms with Gasteiger partial charge in [-0.25, -0.2) is 0 Å². The molecule has 0 bridgehead atoms. The van der Waals surface area contributed by atoms with E-state index in [2.05, 4.69) is 47.7 Å². The van der Waals surface area contributed by atoms with Crippen molar-refractivity contribution in [3.63, 3.8) is 0 Å². The number of rotatable bonds is 12. The zero-order valence-electron chi connectivity index (χ0n) is 19.2. The Morgan fingerprint density at radius 3 is 2.55 bits per heavy atom. The van der Waals surface area contributed by atoms with Crippen molar-refractivity contribution >= 4 is 27.9 Å². The Morgan fingerprint density at radius 2 is 1.87 bits per heavy atom. The van der Waals surface area contributed by atoms with Crippen LogP contribution in [-0.4, -0.2) is 55.0 Å². The number of carbonyl (C=O) groups excluding carboxylic acids is 1. The van der Waals surface area contributed by atoms with E-state index >= 15 is 0 Å². The maximum absolute atomic E-state index is 13.3. The van der Waals surface area contributed by atoms with E-state index in [0.29, 0.717) is 12.1 Å². The summed E-state index contributed by atoms with van der Waals surface area (Å²) in [6.45, 7) is 10.3. The van der Waals surface area contributed by atoms with Crippen LogP contribution in [0.15, 0.2) is 59.1 Å². The quantitative estimate of drug-likeness (QED) is 0.362. The van der Waals surface area contributed by atoms with Gasteiger partial charge in [-0.3, -0.25) is 4.79 Å². The van der Waals surface area contributed by atoms with Gasteiger partial charge < -0.3 is 14.5 Å². The van der Waals surface area contributed by atoms with Gasteiger partial charge in [0, 0.05) is 28.2 Å². The molecule has 0 aliphatic heterocycles. The highest BCUT2D eigenvalue weighted by Gasteiger charge is 2.21. The molecule has 0 aromatic heterocycles. The molecule has 0 fully saturated rings. The van der Waals surface area contributed by atoms with Crippen LogP contribution in [-0.2, 0) is 0 Å². The fraction of sp³-hybridized carbons (Fsp3) is 0.423. The zero-order chi connectivity index (χ0) is 22.6. The molecule has 0 saturated heterocycles. The summed E-state index contributed by atoms with van der Waals surface area (Å²) in [6, 6.07) is 15.7. The maximum atomic E-state index is 13.3. The van der Waals surface area contributed by atoms with Crippen LogP contribution in [0, 0.1) is 0 Å². The second-order valence-corrected chi connectivity index (χ2v) is 8.55. The Morgan fingerprint density at radius 1 is 1.13 bits per heavy atom. The van der Waals surface area contributed by atoms with Crippen molar-refractivity contribution < 1.29 is 9.53 Å². The molecular formula is C26H35BrN2O2. The van der Waals surface area contributed by atoms with Crippen LogP contribution < -0.4 is 4.74 Å². The topological polar surface area (TPSA) is 32.8 Å². The number of nitrogens with zero attached hydrogens (tertiary/aromatic N) is 2. The van der Waals surface area contributed by atoms with Crippen LogP contribution in [0.4, 0.5) is 0 Å². The van der Waals surface area contributed by atoms with Gasteiger partial charge in [-0.15, -0.1) is 0 Å². The summed E-state index contributed by atoms with van der Waals surface area (Å²) in [6.07, 6.45) is 6.12. The third-order valence-electron chi connectivity index (χ3n) is 5.59. The van der Waals surface area contributed by atoms with Crippen LogP contribution in [0.5, 0.6) is 5.75 Å². The molecule has 31 heavy (non-hydrogen) atoms. The van der Waals surface area contributed by atoms with Crippen molar-refractivity contribution in [2.45, 2.75) is 39.7 Å². The SMILES string of the molecule is CCN(CC)CCCC(C)N(C/C=C/c1ccccc1OC)C(=O)c1cccc(Br)c1. The highest BCUT2D eigenvalue weighted by molar-refractivity contribution is 9.10. The average molecular weight is 487 g/mol. The average Bonchev–Trinajstić information content (AvgIpc) is 2.79. The van der Waals surface area contributed by atoms with Crippen molar-refractivity contribution in [1.29, 1.82) is 0 Å². The lowest BCUT2D eigenvalue weighted by Crippen LogP contribution is -2.39. The number of para-hydroxylation sites is 1. The lowest BCUT2D eigenvalue weighted by atomic mass is 10.1. The van der Waals surface area contributed by atoms with Gasteiger partial charge in [-0.05, 0) is 63.7 Å². The van der Waals surface area contributed by atoms with Crippen molar-refractivity contribution in [2.75, 3.05) is 33.3 Å². The molecule has 0 saturated carbocycles. The molecule has 2 aromatic carbocycles. The van der Waals surface area contributed by atoms with Gasteiger partial charge in [0.05, 0.1) is 7.11 Å². The van der Waals surface area contributed by atoms with Gasteiger partial charge in [0.2, 0.25) is 0 Å². The van der Waals surface area contributed by atoms with Crippen molar-refractivity contribution in [1.82, 2.24) is 9.80 Å². The van der Waals surface area contributed by atoms with Crippen LogP contribution in [0.2, 0.25) is 0 Å². The third-order valence-corrected chi connectivity index (χ3v) is 6.09. The summed E-state index contributed by atoms with van der Waals surface area (Å²) < 4.78 is 6.35. The molecule has 2 rings (SSSR count). The second kappa shape index (κ2) is 13.3. The molecule has 0 N–H and O–H groups in total. The van der Waals surface area contributed by atoms with E-state index in [1.807, 2.05) is 59.5 Å². The van der Waals surface area contributed by atoms with Crippen molar-refractivity contribution in [2.24, 2.45) is 0 Å². The molecule has 1 unspecified atom stereocenters. The Kier molecular flexibility index (Phi) is 10.8. The highest BCUT2D eigenvalue weighted by atomic mass is 79.9. The van der Waals surface area contributed by atoms with Gasteiger partial charge >= 0.3 is 0 Å². The van der Waals surface area contributed by atoms with Crippen molar-refractivity contribution in [3.05, 3.63) is 70.2 Å². The minimum Gasteiger partial charge on any atom is -0.496 e. The number of methoxy groups -OCH3 is 1.